The van der Waals surface area contributed by atoms with Crippen LogP contribution >= 0.6 is 0 Å². The van der Waals surface area contributed by atoms with Crippen molar-refractivity contribution in [3.8, 4) is 11.1 Å². The second-order valence-electron chi connectivity index (χ2n) is 6.48. The molecule has 0 radical (unpaired) electrons. The zero-order valence-corrected chi connectivity index (χ0v) is 13.8. The molecule has 2 fully saturated rings. The number of ether oxygens (including phenoxy) is 1. The predicted octanol–water partition coefficient (Wildman–Crippen LogP) is 1.20. The first kappa shape index (κ1) is 15.8. The Morgan fingerprint density at radius 1 is 1.20 bits per heavy atom. The zero-order valence-electron chi connectivity index (χ0n) is 13.8. The number of nitrogens with one attached hydrogen (secondary N) is 2. The lowest BCUT2D eigenvalue weighted by atomic mass is 10.0. The number of benzene rings is 1. The molecule has 2 N–H and O–H groups in total. The molecular weight excluding hydrogens is 320 g/mol. The molecule has 7 nitrogen and oxygen atoms in total. The van der Waals surface area contributed by atoms with Crippen LogP contribution in [-0.4, -0.2) is 58.8 Å². The molecule has 0 aliphatic carbocycles. The summed E-state index contributed by atoms with van der Waals surface area (Å²) in [5, 5.41) is 9.65. The highest BCUT2D eigenvalue weighted by molar-refractivity contribution is 5.95. The van der Waals surface area contributed by atoms with E-state index in [2.05, 4.69) is 15.5 Å². The highest BCUT2D eigenvalue weighted by Gasteiger charge is 2.34. The summed E-state index contributed by atoms with van der Waals surface area (Å²) in [5.41, 5.74) is 2.65. The first-order valence-corrected chi connectivity index (χ1v) is 8.51. The smallest absolute Gasteiger partial charge is 0.253 e. The average molecular weight is 340 g/mol. The summed E-state index contributed by atoms with van der Waals surface area (Å²) >= 11 is 0. The Morgan fingerprint density at radius 3 is 2.64 bits per heavy atom. The molecule has 1 unspecified atom stereocenters. The number of H-pyrrole nitrogens is 1. The van der Waals surface area contributed by atoms with E-state index in [4.69, 9.17) is 4.74 Å². The third-order valence-corrected chi connectivity index (χ3v) is 4.70. The number of carbonyl (C=O) groups excluding carboxylic acids is 2. The third-order valence-electron chi connectivity index (χ3n) is 4.70. The van der Waals surface area contributed by atoms with Crippen molar-refractivity contribution >= 4 is 11.8 Å². The van der Waals surface area contributed by atoms with E-state index in [9.17, 15) is 9.59 Å². The minimum atomic E-state index is -0.319. The molecule has 1 aromatic heterocycles. The van der Waals surface area contributed by atoms with Crippen molar-refractivity contribution in [1.82, 2.24) is 20.4 Å². The first-order chi connectivity index (χ1) is 12.2. The molecule has 2 aromatic rings. The number of nitrogens with zero attached hydrogens (tertiary/aromatic N) is 2. The average Bonchev–Trinajstić information content (AvgIpc) is 3.30. The summed E-state index contributed by atoms with van der Waals surface area (Å²) in [6.45, 7) is 1.74. The van der Waals surface area contributed by atoms with Crippen molar-refractivity contribution < 1.29 is 14.3 Å². The minimum Gasteiger partial charge on any atom is -0.368 e. The molecule has 1 aromatic carbocycles. The fourth-order valence-electron chi connectivity index (χ4n) is 3.21. The van der Waals surface area contributed by atoms with Crippen LogP contribution < -0.4 is 5.32 Å². The maximum atomic E-state index is 12.5. The molecule has 2 saturated heterocycles. The van der Waals surface area contributed by atoms with Crippen LogP contribution in [0.15, 0.2) is 36.7 Å². The van der Waals surface area contributed by atoms with Crippen molar-refractivity contribution in [2.45, 2.75) is 25.0 Å². The predicted molar refractivity (Wildman–Crippen MR) is 90.8 cm³/mol. The van der Waals surface area contributed by atoms with Gasteiger partial charge in [0.1, 0.15) is 6.10 Å². The highest BCUT2D eigenvalue weighted by atomic mass is 16.5. The van der Waals surface area contributed by atoms with Crippen LogP contribution in [0.5, 0.6) is 0 Å². The second-order valence-corrected chi connectivity index (χ2v) is 6.48. The van der Waals surface area contributed by atoms with Crippen LogP contribution in [0.2, 0.25) is 0 Å². The molecule has 130 valence electrons. The number of aromatic amines is 1. The Bertz CT molecular complexity index is 745. The standard InChI is InChI=1S/C18H20N4O3/c23-17(16-2-1-7-25-16)21-15-10-22(11-15)18(24)13-5-3-12(4-6-13)14-8-19-20-9-14/h3-6,8-9,15-16H,1-2,7,10-11H2,(H,19,20)(H,21,23). The number of aromatic nitrogens is 2. The minimum absolute atomic E-state index is 0.0126. The van der Waals surface area contributed by atoms with Crippen LogP contribution in [0, 0.1) is 0 Å². The Balaban J connectivity index is 1.30. The summed E-state index contributed by atoms with van der Waals surface area (Å²) < 4.78 is 5.37. The van der Waals surface area contributed by atoms with Gasteiger partial charge < -0.3 is 15.0 Å². The van der Waals surface area contributed by atoms with Crippen molar-refractivity contribution in [3.05, 3.63) is 42.2 Å². The molecule has 3 heterocycles. The zero-order chi connectivity index (χ0) is 17.2. The summed E-state index contributed by atoms with van der Waals surface area (Å²) in [7, 11) is 0. The SMILES string of the molecule is O=C(NC1CN(C(=O)c2ccc(-c3cn[nH]c3)cc2)C1)C1CCCO1. The number of amides is 2. The quantitative estimate of drug-likeness (QED) is 0.875. The van der Waals surface area contributed by atoms with E-state index < -0.39 is 0 Å². The summed E-state index contributed by atoms with van der Waals surface area (Å²) in [6.07, 6.45) is 4.95. The maximum Gasteiger partial charge on any atom is 0.253 e. The lowest BCUT2D eigenvalue weighted by molar-refractivity contribution is -0.131. The molecule has 2 aliphatic rings. The fraction of sp³-hybridized carbons (Fsp3) is 0.389. The monoisotopic (exact) mass is 340 g/mol. The Labute approximate surface area is 145 Å². The van der Waals surface area contributed by atoms with Crippen molar-refractivity contribution in [2.75, 3.05) is 19.7 Å². The summed E-state index contributed by atoms with van der Waals surface area (Å²) in [4.78, 5) is 26.2. The van der Waals surface area contributed by atoms with Crippen molar-refractivity contribution in [1.29, 1.82) is 0 Å². The first-order valence-electron chi connectivity index (χ1n) is 8.51. The molecule has 7 heteroatoms. The lowest BCUT2D eigenvalue weighted by Crippen LogP contribution is -2.62. The van der Waals surface area contributed by atoms with Gasteiger partial charge in [0.25, 0.3) is 5.91 Å². The van der Waals surface area contributed by atoms with Gasteiger partial charge in [-0.1, -0.05) is 12.1 Å². The Hall–Kier alpha value is -2.67. The molecule has 1 atom stereocenters. The van der Waals surface area contributed by atoms with Crippen LogP contribution in [0.4, 0.5) is 0 Å². The third kappa shape index (κ3) is 3.28. The normalized spacial score (nSPS) is 20.3. The molecule has 2 aliphatic heterocycles. The second kappa shape index (κ2) is 6.68. The van der Waals surface area contributed by atoms with Gasteiger partial charge in [-0.3, -0.25) is 14.7 Å². The van der Waals surface area contributed by atoms with Crippen LogP contribution in [0.25, 0.3) is 11.1 Å². The molecule has 25 heavy (non-hydrogen) atoms. The Morgan fingerprint density at radius 2 is 2.00 bits per heavy atom. The van der Waals surface area contributed by atoms with E-state index in [1.54, 1.807) is 11.1 Å². The molecule has 4 rings (SSSR count). The van der Waals surface area contributed by atoms with E-state index >= 15 is 0 Å². The Kier molecular flexibility index (Phi) is 4.23. The highest BCUT2D eigenvalue weighted by Crippen LogP contribution is 2.20. The topological polar surface area (TPSA) is 87.3 Å². The van der Waals surface area contributed by atoms with Gasteiger partial charge in [-0.05, 0) is 30.5 Å². The summed E-state index contributed by atoms with van der Waals surface area (Å²) in [6, 6.07) is 7.49. The van der Waals surface area contributed by atoms with E-state index in [1.807, 2.05) is 30.5 Å². The van der Waals surface area contributed by atoms with Crippen LogP contribution in [0.3, 0.4) is 0 Å². The van der Waals surface area contributed by atoms with Crippen molar-refractivity contribution in [3.63, 3.8) is 0 Å². The van der Waals surface area contributed by atoms with Gasteiger partial charge in [0, 0.05) is 37.0 Å². The molecule has 2 amide bonds. The van der Waals surface area contributed by atoms with E-state index in [1.165, 1.54) is 0 Å². The van der Waals surface area contributed by atoms with Gasteiger partial charge in [0.15, 0.2) is 0 Å². The maximum absolute atomic E-state index is 12.5. The number of hydrogen-bond donors (Lipinski definition) is 2. The van der Waals surface area contributed by atoms with Gasteiger partial charge >= 0.3 is 0 Å². The van der Waals surface area contributed by atoms with Crippen LogP contribution in [-0.2, 0) is 9.53 Å². The number of hydrogen-bond acceptors (Lipinski definition) is 4. The molecular formula is C18H20N4O3. The van der Waals surface area contributed by atoms with Crippen LogP contribution in [0.1, 0.15) is 23.2 Å². The number of likely N-dealkylation sites (tertiary alicyclic amines) is 1. The van der Waals surface area contributed by atoms with Gasteiger partial charge in [0.2, 0.25) is 5.91 Å². The summed E-state index contributed by atoms with van der Waals surface area (Å²) in [5.74, 6) is -0.0691. The largest absolute Gasteiger partial charge is 0.368 e. The van der Waals surface area contributed by atoms with Gasteiger partial charge in [-0.15, -0.1) is 0 Å². The number of carbonyl (C=O) groups is 2. The number of rotatable bonds is 4. The van der Waals surface area contributed by atoms with Gasteiger partial charge in [-0.25, -0.2) is 0 Å². The fourth-order valence-corrected chi connectivity index (χ4v) is 3.21. The molecule has 0 bridgehead atoms. The molecule has 0 saturated carbocycles. The molecule has 0 spiro atoms. The van der Waals surface area contributed by atoms with E-state index in [0.717, 1.165) is 24.0 Å². The van der Waals surface area contributed by atoms with Crippen molar-refractivity contribution in [2.24, 2.45) is 0 Å². The van der Waals surface area contributed by atoms with Gasteiger partial charge in [0.05, 0.1) is 12.2 Å². The van der Waals surface area contributed by atoms with Gasteiger partial charge in [-0.2, -0.15) is 5.10 Å². The van der Waals surface area contributed by atoms with E-state index in [-0.39, 0.29) is 24.0 Å². The van der Waals surface area contributed by atoms with E-state index in [0.29, 0.717) is 25.3 Å². The lowest BCUT2D eigenvalue weighted by Gasteiger charge is -2.40.